The number of aromatic nitrogens is 1. The Hall–Kier alpha value is -4.34. The number of hydrogen-bond donors (Lipinski definition) is 0. The minimum absolute atomic E-state index is 0.174. The van der Waals surface area contributed by atoms with Crippen LogP contribution in [-0.4, -0.2) is 10.7 Å². The Labute approximate surface area is 226 Å². The van der Waals surface area contributed by atoms with E-state index in [4.69, 9.17) is 9.98 Å². The van der Waals surface area contributed by atoms with Gasteiger partial charge in [0.1, 0.15) is 0 Å². The molecule has 1 aliphatic rings. The smallest absolute Gasteiger partial charge is 0.0787 e. The fourth-order valence-electron chi connectivity index (χ4n) is 5.51. The van der Waals surface area contributed by atoms with Crippen LogP contribution < -0.4 is 0 Å². The Kier molecular flexibility index (Phi) is 5.52. The molecule has 3 heterocycles. The van der Waals surface area contributed by atoms with Gasteiger partial charge in [-0.15, -0.1) is 11.3 Å². The molecule has 0 saturated heterocycles. The van der Waals surface area contributed by atoms with Crippen LogP contribution in [0.15, 0.2) is 120 Å². The summed E-state index contributed by atoms with van der Waals surface area (Å²) in [6, 6.07) is 32.7. The molecule has 0 fully saturated rings. The number of rotatable bonds is 4. The second kappa shape index (κ2) is 9.20. The molecular weight excluding hydrogens is 480 g/mol. The summed E-state index contributed by atoms with van der Waals surface area (Å²) in [6.45, 7) is 4.26. The number of allylic oxidation sites excluding steroid dienone is 4. The third kappa shape index (κ3) is 3.70. The number of thiophene rings is 1. The molecule has 0 unspecified atom stereocenters. The van der Waals surface area contributed by atoms with Crippen molar-refractivity contribution in [2.24, 2.45) is 4.99 Å². The first-order valence-corrected chi connectivity index (χ1v) is 13.9. The first-order valence-electron chi connectivity index (χ1n) is 13.0. The summed E-state index contributed by atoms with van der Waals surface area (Å²) in [5.74, 6) is 0.174. The van der Waals surface area contributed by atoms with Gasteiger partial charge in [-0.25, -0.2) is 4.98 Å². The van der Waals surface area contributed by atoms with Crippen molar-refractivity contribution in [1.29, 1.82) is 0 Å². The molecule has 0 saturated carbocycles. The van der Waals surface area contributed by atoms with Gasteiger partial charge in [-0.3, -0.25) is 4.99 Å². The van der Waals surface area contributed by atoms with Crippen LogP contribution in [0.1, 0.15) is 25.3 Å². The lowest BCUT2D eigenvalue weighted by molar-refractivity contribution is 1.05. The summed E-state index contributed by atoms with van der Waals surface area (Å²) < 4.78 is 2.67. The molecule has 0 amide bonds. The molecule has 0 radical (unpaired) electrons. The minimum atomic E-state index is 0.174. The minimum Gasteiger partial charge on any atom is -0.252 e. The summed E-state index contributed by atoms with van der Waals surface area (Å²) in [5.41, 5.74) is 8.91. The second-order valence-corrected chi connectivity index (χ2v) is 10.9. The van der Waals surface area contributed by atoms with Gasteiger partial charge < -0.3 is 0 Å². The van der Waals surface area contributed by atoms with Crippen LogP contribution in [0.4, 0.5) is 5.69 Å². The van der Waals surface area contributed by atoms with E-state index in [-0.39, 0.29) is 5.92 Å². The Bertz CT molecular complexity index is 1940. The maximum atomic E-state index is 5.16. The summed E-state index contributed by atoms with van der Waals surface area (Å²) in [6.07, 6.45) is 8.27. The van der Waals surface area contributed by atoms with Crippen LogP contribution in [0.25, 0.3) is 53.5 Å². The van der Waals surface area contributed by atoms with Crippen molar-refractivity contribution in [3.05, 3.63) is 121 Å². The number of aliphatic imine (C=N–C) groups is 1. The average molecular weight is 507 g/mol. The summed E-state index contributed by atoms with van der Waals surface area (Å²) in [4.78, 5) is 10.2. The number of hydrogen-bond acceptors (Lipinski definition) is 3. The maximum absolute atomic E-state index is 5.16. The zero-order valence-electron chi connectivity index (χ0n) is 21.3. The summed E-state index contributed by atoms with van der Waals surface area (Å²) in [7, 11) is 0. The van der Waals surface area contributed by atoms with E-state index in [0.29, 0.717) is 0 Å². The van der Waals surface area contributed by atoms with E-state index < -0.39 is 0 Å². The van der Waals surface area contributed by atoms with E-state index in [2.05, 4.69) is 104 Å². The monoisotopic (exact) mass is 506 g/mol. The molecule has 4 aromatic carbocycles. The van der Waals surface area contributed by atoms with Gasteiger partial charge in [0.25, 0.3) is 0 Å². The van der Waals surface area contributed by atoms with Gasteiger partial charge in [0, 0.05) is 48.3 Å². The van der Waals surface area contributed by atoms with Crippen LogP contribution in [0.5, 0.6) is 0 Å². The van der Waals surface area contributed by atoms with Gasteiger partial charge in [0.2, 0.25) is 0 Å². The number of benzene rings is 4. The molecule has 3 heteroatoms. The Morgan fingerprint density at radius 3 is 2.26 bits per heavy atom. The second-order valence-electron chi connectivity index (χ2n) is 9.77. The van der Waals surface area contributed by atoms with Crippen LogP contribution in [0, 0.1) is 0 Å². The first-order chi connectivity index (χ1) is 18.7. The van der Waals surface area contributed by atoms with Gasteiger partial charge in [-0.05, 0) is 48.4 Å². The molecule has 7 rings (SSSR count). The highest BCUT2D eigenvalue weighted by molar-refractivity contribution is 7.25. The fourth-order valence-corrected chi connectivity index (χ4v) is 6.59. The van der Waals surface area contributed by atoms with Crippen molar-refractivity contribution in [2.75, 3.05) is 0 Å². The molecule has 2 nitrogen and oxygen atoms in total. The maximum Gasteiger partial charge on any atom is 0.0787 e. The van der Waals surface area contributed by atoms with Crippen molar-refractivity contribution in [3.8, 4) is 22.4 Å². The number of pyridine rings is 1. The highest BCUT2D eigenvalue weighted by Crippen LogP contribution is 2.45. The molecular formula is C35H26N2S. The first kappa shape index (κ1) is 22.8. The topological polar surface area (TPSA) is 25.2 Å². The van der Waals surface area contributed by atoms with Crippen LogP contribution in [-0.2, 0) is 0 Å². The normalized spacial score (nSPS) is 15.3. The molecule has 0 bridgehead atoms. The predicted octanol–water partition coefficient (Wildman–Crippen LogP) is 10.3. The lowest BCUT2D eigenvalue weighted by Gasteiger charge is -2.14. The van der Waals surface area contributed by atoms with Gasteiger partial charge in [0.15, 0.2) is 0 Å². The number of fused-ring (bicyclic) bond motifs is 6. The highest BCUT2D eigenvalue weighted by atomic mass is 32.1. The van der Waals surface area contributed by atoms with Gasteiger partial charge in [-0.1, -0.05) is 91.9 Å². The van der Waals surface area contributed by atoms with Crippen molar-refractivity contribution in [1.82, 2.24) is 4.98 Å². The van der Waals surface area contributed by atoms with Gasteiger partial charge >= 0.3 is 0 Å². The zero-order chi connectivity index (χ0) is 25.6. The highest BCUT2D eigenvalue weighted by Gasteiger charge is 2.28. The van der Waals surface area contributed by atoms with Crippen molar-refractivity contribution >= 4 is 53.8 Å². The SMILES string of the molecule is C/C=C\C=C/C1=Nc2c(c(-c3ccc(-c4ccc5sc6ccccc6c5c4)cc3)nc3ccccc23)[C@@H]1C. The van der Waals surface area contributed by atoms with Crippen molar-refractivity contribution in [2.45, 2.75) is 19.8 Å². The lowest BCUT2D eigenvalue weighted by atomic mass is 9.91. The summed E-state index contributed by atoms with van der Waals surface area (Å²) >= 11 is 1.86. The molecule has 0 spiro atoms. The molecule has 2 aromatic heterocycles. The Morgan fingerprint density at radius 2 is 1.42 bits per heavy atom. The van der Waals surface area contributed by atoms with E-state index >= 15 is 0 Å². The molecule has 1 aliphatic heterocycles. The molecule has 0 N–H and O–H groups in total. The van der Waals surface area contributed by atoms with Crippen LogP contribution >= 0.6 is 11.3 Å². The molecule has 1 atom stereocenters. The largest absolute Gasteiger partial charge is 0.252 e. The van der Waals surface area contributed by atoms with Crippen molar-refractivity contribution < 1.29 is 0 Å². The Balaban J connectivity index is 1.32. The van der Waals surface area contributed by atoms with E-state index in [1.54, 1.807) is 0 Å². The van der Waals surface area contributed by atoms with Gasteiger partial charge in [-0.2, -0.15) is 0 Å². The van der Waals surface area contributed by atoms with E-state index in [0.717, 1.165) is 33.6 Å². The zero-order valence-corrected chi connectivity index (χ0v) is 22.2. The Morgan fingerprint density at radius 1 is 0.711 bits per heavy atom. The number of nitrogens with zero attached hydrogens (tertiary/aromatic N) is 2. The van der Waals surface area contributed by atoms with E-state index in [1.807, 2.05) is 36.5 Å². The standard InChI is InChI=1S/C35H26N2S/c1-3-4-5-12-29-22(2)33-34(37-30-13-8-6-11-27(30)35(33)36-29)24-17-15-23(16-18-24)25-19-20-32-28(21-25)26-10-7-9-14-31(26)38-32/h3-22H,1-2H3/b4-3-,12-5-/t22-/m1/s1. The molecule has 182 valence electrons. The van der Waals surface area contributed by atoms with Crippen LogP contribution in [0.3, 0.4) is 0 Å². The van der Waals surface area contributed by atoms with E-state index in [9.17, 15) is 0 Å². The predicted molar refractivity (Wildman–Crippen MR) is 165 cm³/mol. The lowest BCUT2D eigenvalue weighted by Crippen LogP contribution is -2.03. The average Bonchev–Trinajstić information content (AvgIpc) is 3.50. The van der Waals surface area contributed by atoms with Gasteiger partial charge in [0.05, 0.1) is 16.9 Å². The third-order valence-electron chi connectivity index (χ3n) is 7.46. The molecule has 6 aromatic rings. The fraction of sp³-hybridized carbons (Fsp3) is 0.0857. The summed E-state index contributed by atoms with van der Waals surface area (Å²) in [5, 5.41) is 3.77. The van der Waals surface area contributed by atoms with E-state index in [1.165, 1.54) is 36.9 Å². The van der Waals surface area contributed by atoms with Crippen molar-refractivity contribution in [3.63, 3.8) is 0 Å². The molecule has 38 heavy (non-hydrogen) atoms. The molecule has 0 aliphatic carbocycles. The number of para-hydroxylation sites is 1. The third-order valence-corrected chi connectivity index (χ3v) is 8.61. The quantitative estimate of drug-likeness (QED) is 0.218. The van der Waals surface area contributed by atoms with Crippen LogP contribution in [0.2, 0.25) is 0 Å².